The molecule has 0 saturated carbocycles. The number of nitrogens with one attached hydrogen (secondary N) is 2. The Bertz CT molecular complexity index is 495. The Kier molecular flexibility index (Phi) is 8.08. The fourth-order valence-electron chi connectivity index (χ4n) is 3.33. The second-order valence-corrected chi connectivity index (χ2v) is 6.56. The van der Waals surface area contributed by atoms with E-state index in [2.05, 4.69) is 47.6 Å². The maximum absolute atomic E-state index is 4.74. The minimum Gasteiger partial charge on any atom is -0.357 e. The third-order valence-corrected chi connectivity index (χ3v) is 4.62. The minimum atomic E-state index is 0.757. The largest absolute Gasteiger partial charge is 0.357 e. The molecular formula is C18H34N6. The lowest BCUT2D eigenvalue weighted by Crippen LogP contribution is -2.42. The Hall–Kier alpha value is -1.56. The van der Waals surface area contributed by atoms with Crippen molar-refractivity contribution in [2.45, 2.75) is 59.0 Å². The quantitative estimate of drug-likeness (QED) is 0.564. The molecule has 136 valence electrons. The van der Waals surface area contributed by atoms with Crippen LogP contribution in [0.5, 0.6) is 0 Å². The average molecular weight is 335 g/mol. The zero-order valence-corrected chi connectivity index (χ0v) is 15.6. The first kappa shape index (κ1) is 18.8. The van der Waals surface area contributed by atoms with Crippen LogP contribution in [0.4, 0.5) is 0 Å². The molecule has 1 aliphatic heterocycles. The summed E-state index contributed by atoms with van der Waals surface area (Å²) in [6, 6.07) is 0.757. The Morgan fingerprint density at radius 1 is 1.29 bits per heavy atom. The second kappa shape index (κ2) is 10.3. The topological polar surface area (TPSA) is 57.5 Å². The van der Waals surface area contributed by atoms with Crippen LogP contribution in [0.15, 0.2) is 17.4 Å². The molecule has 1 aromatic heterocycles. The lowest BCUT2D eigenvalue weighted by atomic mass is 10.0. The summed E-state index contributed by atoms with van der Waals surface area (Å²) < 4.78 is 1.96. The highest BCUT2D eigenvalue weighted by molar-refractivity contribution is 5.79. The highest BCUT2D eigenvalue weighted by atomic mass is 15.3. The van der Waals surface area contributed by atoms with E-state index in [1.165, 1.54) is 37.8 Å². The third-order valence-electron chi connectivity index (χ3n) is 4.62. The van der Waals surface area contributed by atoms with Gasteiger partial charge in [0.05, 0.1) is 19.3 Å². The normalized spacial score (nSPS) is 19.5. The molecule has 6 nitrogen and oxygen atoms in total. The minimum absolute atomic E-state index is 0.757. The Morgan fingerprint density at radius 3 is 2.88 bits per heavy atom. The summed E-state index contributed by atoms with van der Waals surface area (Å²) in [5.41, 5.74) is 1.20. The van der Waals surface area contributed by atoms with Crippen molar-refractivity contribution < 1.29 is 0 Å². The van der Waals surface area contributed by atoms with Crippen LogP contribution in [0.25, 0.3) is 0 Å². The first-order chi connectivity index (χ1) is 11.7. The molecule has 1 aliphatic rings. The van der Waals surface area contributed by atoms with Crippen LogP contribution < -0.4 is 10.6 Å². The van der Waals surface area contributed by atoms with Crippen molar-refractivity contribution in [1.82, 2.24) is 25.3 Å². The highest BCUT2D eigenvalue weighted by Crippen LogP contribution is 2.18. The first-order valence-electron chi connectivity index (χ1n) is 9.48. The molecule has 1 fully saturated rings. The van der Waals surface area contributed by atoms with Gasteiger partial charge in [0.1, 0.15) is 0 Å². The Labute approximate surface area is 146 Å². The van der Waals surface area contributed by atoms with Gasteiger partial charge in [-0.05, 0) is 45.2 Å². The molecule has 2 N–H and O–H groups in total. The number of hydrogen-bond donors (Lipinski definition) is 2. The molecule has 1 saturated heterocycles. The summed E-state index contributed by atoms with van der Waals surface area (Å²) in [4.78, 5) is 7.35. The zero-order valence-electron chi connectivity index (χ0n) is 15.6. The fourth-order valence-corrected chi connectivity index (χ4v) is 3.33. The zero-order chi connectivity index (χ0) is 17.2. The first-order valence-corrected chi connectivity index (χ1v) is 9.48. The van der Waals surface area contributed by atoms with E-state index < -0.39 is 0 Å². The molecule has 1 unspecified atom stereocenters. The van der Waals surface area contributed by atoms with Gasteiger partial charge in [-0.1, -0.05) is 13.3 Å². The molecule has 0 aliphatic carbocycles. The van der Waals surface area contributed by atoms with Gasteiger partial charge in [-0.25, -0.2) is 0 Å². The van der Waals surface area contributed by atoms with Crippen molar-refractivity contribution >= 4 is 5.96 Å². The van der Waals surface area contributed by atoms with Gasteiger partial charge in [-0.15, -0.1) is 0 Å². The molecule has 2 heterocycles. The molecule has 0 aromatic carbocycles. The maximum atomic E-state index is 4.74. The Morgan fingerprint density at radius 2 is 2.17 bits per heavy atom. The number of rotatable bonds is 8. The SMILES string of the molecule is CCNC(=NCCN1CCCCC1CC)NCCn1cc(C)cn1. The number of nitrogens with zero attached hydrogens (tertiary/aromatic N) is 4. The summed E-state index contributed by atoms with van der Waals surface area (Å²) in [6.07, 6.45) is 9.28. The number of hydrogen-bond acceptors (Lipinski definition) is 3. The number of aryl methyl sites for hydroxylation is 1. The van der Waals surface area contributed by atoms with E-state index in [4.69, 9.17) is 4.99 Å². The van der Waals surface area contributed by atoms with Crippen LogP contribution in [0.3, 0.4) is 0 Å². The molecule has 6 heteroatoms. The van der Waals surface area contributed by atoms with E-state index in [0.717, 1.165) is 44.7 Å². The van der Waals surface area contributed by atoms with Gasteiger partial charge in [0, 0.05) is 31.9 Å². The smallest absolute Gasteiger partial charge is 0.191 e. The average Bonchev–Trinajstić information content (AvgIpc) is 3.00. The molecule has 0 spiro atoms. The summed E-state index contributed by atoms with van der Waals surface area (Å²) in [7, 11) is 0. The molecule has 2 rings (SSSR count). The molecule has 0 amide bonds. The molecule has 0 bridgehead atoms. The predicted octanol–water partition coefficient (Wildman–Crippen LogP) is 2.01. The Balaban J connectivity index is 1.74. The number of piperidine rings is 1. The molecule has 1 atom stereocenters. The second-order valence-electron chi connectivity index (χ2n) is 6.56. The lowest BCUT2D eigenvalue weighted by molar-refractivity contribution is 0.148. The molecule has 24 heavy (non-hydrogen) atoms. The predicted molar refractivity (Wildman–Crippen MR) is 100 cm³/mol. The standard InChI is InChI=1S/C18H34N6/c1-4-17-8-6-7-11-23(17)12-9-20-18(19-5-2)21-10-13-24-15-16(3)14-22-24/h14-15,17H,4-13H2,1-3H3,(H2,19,20,21). The van der Waals surface area contributed by atoms with Gasteiger partial charge in [0.25, 0.3) is 0 Å². The monoisotopic (exact) mass is 334 g/mol. The van der Waals surface area contributed by atoms with Crippen molar-refractivity contribution in [3.05, 3.63) is 18.0 Å². The summed E-state index contributed by atoms with van der Waals surface area (Å²) in [5.74, 6) is 0.909. The van der Waals surface area contributed by atoms with Crippen molar-refractivity contribution in [2.75, 3.05) is 32.7 Å². The number of guanidine groups is 1. The van der Waals surface area contributed by atoms with E-state index in [-0.39, 0.29) is 0 Å². The highest BCUT2D eigenvalue weighted by Gasteiger charge is 2.19. The van der Waals surface area contributed by atoms with E-state index >= 15 is 0 Å². The number of aromatic nitrogens is 2. The maximum Gasteiger partial charge on any atom is 0.191 e. The van der Waals surface area contributed by atoms with Crippen molar-refractivity contribution in [3.8, 4) is 0 Å². The molecular weight excluding hydrogens is 300 g/mol. The fraction of sp³-hybridized carbons (Fsp3) is 0.778. The summed E-state index contributed by atoms with van der Waals surface area (Å²) in [5, 5.41) is 11.0. The van der Waals surface area contributed by atoms with Gasteiger partial charge < -0.3 is 10.6 Å². The van der Waals surface area contributed by atoms with Gasteiger partial charge >= 0.3 is 0 Å². The van der Waals surface area contributed by atoms with Crippen molar-refractivity contribution in [2.24, 2.45) is 4.99 Å². The van der Waals surface area contributed by atoms with Crippen molar-refractivity contribution in [1.29, 1.82) is 0 Å². The van der Waals surface area contributed by atoms with Crippen LogP contribution in [0, 0.1) is 6.92 Å². The van der Waals surface area contributed by atoms with Crippen LogP contribution in [-0.2, 0) is 6.54 Å². The number of aliphatic imine (C=N–C) groups is 1. The van der Waals surface area contributed by atoms with Crippen molar-refractivity contribution in [3.63, 3.8) is 0 Å². The van der Waals surface area contributed by atoms with E-state index in [0.29, 0.717) is 0 Å². The summed E-state index contributed by atoms with van der Waals surface area (Å²) in [6.45, 7) is 12.2. The van der Waals surface area contributed by atoms with E-state index in [1.54, 1.807) is 0 Å². The lowest BCUT2D eigenvalue weighted by Gasteiger charge is -2.34. The van der Waals surface area contributed by atoms with Gasteiger partial charge in [-0.3, -0.25) is 14.6 Å². The van der Waals surface area contributed by atoms with Gasteiger partial charge in [0.15, 0.2) is 5.96 Å². The van der Waals surface area contributed by atoms with Crippen LogP contribution >= 0.6 is 0 Å². The number of likely N-dealkylation sites (tertiary alicyclic amines) is 1. The van der Waals surface area contributed by atoms with Crippen LogP contribution in [0.2, 0.25) is 0 Å². The van der Waals surface area contributed by atoms with Gasteiger partial charge in [-0.2, -0.15) is 5.10 Å². The van der Waals surface area contributed by atoms with Crippen LogP contribution in [-0.4, -0.2) is 59.4 Å². The van der Waals surface area contributed by atoms with E-state index in [9.17, 15) is 0 Å². The van der Waals surface area contributed by atoms with Gasteiger partial charge in [0.2, 0.25) is 0 Å². The third kappa shape index (κ3) is 6.15. The van der Waals surface area contributed by atoms with Crippen LogP contribution in [0.1, 0.15) is 45.1 Å². The summed E-state index contributed by atoms with van der Waals surface area (Å²) >= 11 is 0. The molecule has 0 radical (unpaired) electrons. The van der Waals surface area contributed by atoms with E-state index in [1.807, 2.05) is 10.9 Å². The molecule has 1 aromatic rings.